The van der Waals surface area contributed by atoms with Gasteiger partial charge in [-0.15, -0.1) is 0 Å². The molecule has 3 aromatic rings. The highest BCUT2D eigenvalue weighted by Crippen LogP contribution is 2.19. The van der Waals surface area contributed by atoms with Crippen LogP contribution in [-0.4, -0.2) is 48.7 Å². The summed E-state index contributed by atoms with van der Waals surface area (Å²) in [6.45, 7) is 2.72. The number of hydrogen-bond acceptors (Lipinski definition) is 4. The second-order valence-electron chi connectivity index (χ2n) is 6.80. The number of halogens is 1. The molecule has 0 atom stereocenters. The minimum atomic E-state index is -3.55. The summed E-state index contributed by atoms with van der Waals surface area (Å²) >= 11 is 5.94. The van der Waals surface area contributed by atoms with Gasteiger partial charge in [0.2, 0.25) is 15.5 Å². The molecule has 1 aromatic heterocycles. The Morgan fingerprint density at radius 1 is 1.07 bits per heavy atom. The number of hydrogen-bond donors (Lipinski definition) is 1. The van der Waals surface area contributed by atoms with Crippen molar-refractivity contribution in [2.75, 3.05) is 26.2 Å². The number of aromatic nitrogens is 2. The maximum absolute atomic E-state index is 12.8. The summed E-state index contributed by atoms with van der Waals surface area (Å²) < 4.78 is 29.0. The summed E-state index contributed by atoms with van der Waals surface area (Å²) in [4.78, 5) is 13.4. The molecular formula is C19H20ClN4O3S+. The predicted octanol–water partition coefficient (Wildman–Crippen LogP) is 0.597. The molecule has 4 rings (SSSR count). The third-order valence-corrected chi connectivity index (χ3v) is 7.13. The van der Waals surface area contributed by atoms with Crippen molar-refractivity contribution in [3.8, 4) is 0 Å². The van der Waals surface area contributed by atoms with E-state index in [1.54, 1.807) is 24.3 Å². The third-order valence-electron chi connectivity index (χ3n) is 5.00. The smallest absolute Gasteiger partial charge is 0.243 e. The fraction of sp³-hybridized carbons (Fsp3) is 0.263. The second-order valence-corrected chi connectivity index (χ2v) is 9.17. The molecular weight excluding hydrogens is 400 g/mol. The van der Waals surface area contributed by atoms with Gasteiger partial charge in [-0.3, -0.25) is 4.79 Å². The lowest BCUT2D eigenvalue weighted by molar-refractivity contribution is -0.926. The maximum Gasteiger partial charge on any atom is 0.243 e. The molecule has 2 aromatic carbocycles. The molecule has 1 saturated heterocycles. The summed E-state index contributed by atoms with van der Waals surface area (Å²) in [5.74, 6) is 0. The monoisotopic (exact) mass is 419 g/mol. The van der Waals surface area contributed by atoms with Crippen LogP contribution in [0, 0.1) is 0 Å². The van der Waals surface area contributed by atoms with Gasteiger partial charge in [0.15, 0.2) is 6.67 Å². The van der Waals surface area contributed by atoms with Gasteiger partial charge in [0.25, 0.3) is 0 Å². The quantitative estimate of drug-likeness (QED) is 0.671. The van der Waals surface area contributed by atoms with Crippen molar-refractivity contribution in [2.45, 2.75) is 11.6 Å². The van der Waals surface area contributed by atoms with Crippen LogP contribution in [-0.2, 0) is 16.7 Å². The Morgan fingerprint density at radius 3 is 2.57 bits per heavy atom. The van der Waals surface area contributed by atoms with Crippen LogP contribution >= 0.6 is 11.6 Å². The molecule has 1 aliphatic heterocycles. The SMILES string of the molecule is O=c1cnn(C[NH+]2CCN(S(=O)(=O)c3cccc(Cl)c3)CC2)c2ccccc12. The number of fused-ring (bicyclic) bond motifs is 1. The largest absolute Gasteiger partial charge is 0.314 e. The highest BCUT2D eigenvalue weighted by molar-refractivity contribution is 7.89. The highest BCUT2D eigenvalue weighted by atomic mass is 35.5. The molecule has 7 nitrogen and oxygen atoms in total. The second kappa shape index (κ2) is 7.63. The normalized spacial score (nSPS) is 16.5. The molecule has 0 amide bonds. The number of para-hydroxylation sites is 1. The Balaban J connectivity index is 1.48. The lowest BCUT2D eigenvalue weighted by Crippen LogP contribution is -3.14. The van der Waals surface area contributed by atoms with Crippen molar-refractivity contribution in [1.82, 2.24) is 14.1 Å². The number of piperazine rings is 1. The van der Waals surface area contributed by atoms with Crippen LogP contribution in [0.15, 0.2) is 64.4 Å². The van der Waals surface area contributed by atoms with Gasteiger partial charge in [0.1, 0.15) is 0 Å². The molecule has 0 aliphatic carbocycles. The lowest BCUT2D eigenvalue weighted by atomic mass is 10.2. The van der Waals surface area contributed by atoms with Gasteiger partial charge in [-0.25, -0.2) is 13.1 Å². The number of rotatable bonds is 4. The number of benzene rings is 2. The van der Waals surface area contributed by atoms with E-state index in [4.69, 9.17) is 11.6 Å². The number of nitrogens with one attached hydrogen (secondary N) is 1. The van der Waals surface area contributed by atoms with Gasteiger partial charge in [-0.05, 0) is 30.3 Å². The topological polar surface area (TPSA) is 76.7 Å². The van der Waals surface area contributed by atoms with E-state index >= 15 is 0 Å². The van der Waals surface area contributed by atoms with Crippen molar-refractivity contribution in [1.29, 1.82) is 0 Å². The van der Waals surface area contributed by atoms with Crippen LogP contribution in [0.5, 0.6) is 0 Å². The molecule has 1 N–H and O–H groups in total. The average molecular weight is 420 g/mol. The van der Waals surface area contributed by atoms with Crippen LogP contribution in [0.25, 0.3) is 10.9 Å². The zero-order valence-corrected chi connectivity index (χ0v) is 16.7. The molecule has 9 heteroatoms. The first-order valence-corrected chi connectivity index (χ1v) is 10.8. The molecule has 28 heavy (non-hydrogen) atoms. The minimum absolute atomic E-state index is 0.0979. The Kier molecular flexibility index (Phi) is 5.20. The Morgan fingerprint density at radius 2 is 1.82 bits per heavy atom. The van der Waals surface area contributed by atoms with Crippen molar-refractivity contribution in [3.05, 3.63) is 70.0 Å². The van der Waals surface area contributed by atoms with E-state index in [0.717, 1.165) is 5.52 Å². The van der Waals surface area contributed by atoms with E-state index in [1.165, 1.54) is 21.5 Å². The van der Waals surface area contributed by atoms with Gasteiger partial charge in [0, 0.05) is 10.4 Å². The molecule has 1 aliphatic rings. The van der Waals surface area contributed by atoms with Crippen LogP contribution in [0.4, 0.5) is 0 Å². The summed E-state index contributed by atoms with van der Waals surface area (Å²) in [6, 6.07) is 13.7. The first kappa shape index (κ1) is 19.1. The summed E-state index contributed by atoms with van der Waals surface area (Å²) in [6.07, 6.45) is 1.33. The maximum atomic E-state index is 12.8. The molecule has 146 valence electrons. The molecule has 2 heterocycles. The number of quaternary nitrogens is 1. The molecule has 0 radical (unpaired) electrons. The Labute approximate surface area is 167 Å². The fourth-order valence-corrected chi connectivity index (χ4v) is 5.22. The van der Waals surface area contributed by atoms with Crippen LogP contribution in [0.3, 0.4) is 0 Å². The van der Waals surface area contributed by atoms with Gasteiger partial charge in [-0.1, -0.05) is 29.8 Å². The van der Waals surface area contributed by atoms with Crippen molar-refractivity contribution < 1.29 is 13.3 Å². The van der Waals surface area contributed by atoms with E-state index in [0.29, 0.717) is 43.3 Å². The van der Waals surface area contributed by atoms with Crippen molar-refractivity contribution in [3.63, 3.8) is 0 Å². The van der Waals surface area contributed by atoms with Gasteiger partial charge in [-0.2, -0.15) is 9.40 Å². The van der Waals surface area contributed by atoms with Crippen LogP contribution in [0.1, 0.15) is 0 Å². The predicted molar refractivity (Wildman–Crippen MR) is 107 cm³/mol. The first-order chi connectivity index (χ1) is 13.4. The Bertz CT molecular complexity index is 1170. The summed E-state index contributed by atoms with van der Waals surface area (Å²) in [5, 5.41) is 5.30. The van der Waals surface area contributed by atoms with Gasteiger partial charge >= 0.3 is 0 Å². The van der Waals surface area contributed by atoms with Crippen molar-refractivity contribution >= 4 is 32.5 Å². The van der Waals surface area contributed by atoms with Gasteiger partial charge in [0.05, 0.1) is 42.8 Å². The summed E-state index contributed by atoms with van der Waals surface area (Å²) in [7, 11) is -3.55. The minimum Gasteiger partial charge on any atom is -0.314 e. The van der Waals surface area contributed by atoms with E-state index in [2.05, 4.69) is 5.10 Å². The highest BCUT2D eigenvalue weighted by Gasteiger charge is 2.30. The molecule has 0 bridgehead atoms. The molecule has 0 spiro atoms. The molecule has 0 unspecified atom stereocenters. The standard InChI is InChI=1S/C19H19ClN4O3S/c20-15-4-3-5-16(12-15)28(26,27)23-10-8-22(9-11-23)14-24-18-7-2-1-6-17(18)19(25)13-21-24/h1-7,12-13H,8-11,14H2/p+1. The van der Waals surface area contributed by atoms with E-state index in [9.17, 15) is 13.2 Å². The van der Waals surface area contributed by atoms with Crippen LogP contribution < -0.4 is 10.3 Å². The fourth-order valence-electron chi connectivity index (χ4n) is 3.48. The zero-order valence-electron chi connectivity index (χ0n) is 15.1. The lowest BCUT2D eigenvalue weighted by Gasteiger charge is -2.31. The van der Waals surface area contributed by atoms with E-state index in [1.807, 2.05) is 22.9 Å². The third kappa shape index (κ3) is 3.68. The zero-order chi connectivity index (χ0) is 19.7. The van der Waals surface area contributed by atoms with E-state index in [-0.39, 0.29) is 10.3 Å². The average Bonchev–Trinajstić information content (AvgIpc) is 2.71. The molecule has 0 saturated carbocycles. The number of nitrogens with zero attached hydrogens (tertiary/aromatic N) is 3. The molecule has 1 fully saturated rings. The van der Waals surface area contributed by atoms with Crippen molar-refractivity contribution in [2.24, 2.45) is 0 Å². The number of sulfonamides is 1. The van der Waals surface area contributed by atoms with Gasteiger partial charge < -0.3 is 4.90 Å². The van der Waals surface area contributed by atoms with Crippen LogP contribution in [0.2, 0.25) is 5.02 Å². The summed E-state index contributed by atoms with van der Waals surface area (Å²) in [5.41, 5.74) is 0.691. The first-order valence-electron chi connectivity index (χ1n) is 8.99. The Hall–Kier alpha value is -2.26. The van der Waals surface area contributed by atoms with E-state index < -0.39 is 10.0 Å².